The van der Waals surface area contributed by atoms with Gasteiger partial charge >= 0.3 is 0 Å². The molecule has 1 aromatic heterocycles. The van der Waals surface area contributed by atoms with Gasteiger partial charge < -0.3 is 19.1 Å². The Morgan fingerprint density at radius 3 is 2.58 bits per heavy atom. The second kappa shape index (κ2) is 12.5. The third kappa shape index (κ3) is 5.56. The molecule has 0 radical (unpaired) electrons. The molecule has 3 aromatic rings. The first-order valence-electron chi connectivity index (χ1n) is 13.9. The SMILES string of the molecule is CCCCOc1ccc(C2c3c(-c4ccccc4)n[nH]c3C(=O)N2CCCN2CCOCC2)cc1OCC. The highest BCUT2D eigenvalue weighted by atomic mass is 16.5. The van der Waals surface area contributed by atoms with Crippen molar-refractivity contribution in [3.63, 3.8) is 0 Å². The number of benzene rings is 2. The maximum atomic E-state index is 13.7. The molecule has 0 spiro atoms. The van der Waals surface area contributed by atoms with Crippen LogP contribution in [0, 0.1) is 0 Å². The summed E-state index contributed by atoms with van der Waals surface area (Å²) in [7, 11) is 0. The number of aromatic amines is 1. The first-order valence-corrected chi connectivity index (χ1v) is 13.9. The highest BCUT2D eigenvalue weighted by molar-refractivity contribution is 6.00. The molecule has 2 aliphatic heterocycles. The number of unbranched alkanes of at least 4 members (excludes halogenated alkanes) is 1. The molecule has 0 bridgehead atoms. The summed E-state index contributed by atoms with van der Waals surface area (Å²) < 4.78 is 17.5. The number of H-pyrrole nitrogens is 1. The molecular formula is C30H38N4O4. The van der Waals surface area contributed by atoms with Crippen molar-refractivity contribution in [2.24, 2.45) is 0 Å². The lowest BCUT2D eigenvalue weighted by molar-refractivity contribution is 0.0354. The van der Waals surface area contributed by atoms with E-state index in [1.54, 1.807) is 0 Å². The van der Waals surface area contributed by atoms with E-state index in [2.05, 4.69) is 28.1 Å². The monoisotopic (exact) mass is 518 g/mol. The zero-order chi connectivity index (χ0) is 26.3. The molecule has 1 amide bonds. The standard InChI is InChI=1S/C30H38N4O4/c1-3-5-18-38-24-13-12-23(21-25(24)37-4-2)29-26-27(22-10-7-6-8-11-22)31-32-28(26)30(35)34(29)15-9-14-33-16-19-36-20-17-33/h6-8,10-13,21,29H,3-5,9,14-20H2,1-2H3,(H,31,32). The zero-order valence-electron chi connectivity index (χ0n) is 22.4. The molecule has 8 heteroatoms. The molecule has 5 rings (SSSR count). The van der Waals surface area contributed by atoms with Gasteiger partial charge in [0.2, 0.25) is 0 Å². The van der Waals surface area contributed by atoms with E-state index >= 15 is 0 Å². The molecule has 1 atom stereocenters. The van der Waals surface area contributed by atoms with Gasteiger partial charge in [-0.2, -0.15) is 5.10 Å². The number of rotatable bonds is 12. The van der Waals surface area contributed by atoms with Crippen LogP contribution in [0.1, 0.15) is 60.8 Å². The van der Waals surface area contributed by atoms with Crippen LogP contribution in [0.15, 0.2) is 48.5 Å². The van der Waals surface area contributed by atoms with Crippen LogP contribution in [-0.2, 0) is 4.74 Å². The Bertz CT molecular complexity index is 1210. The van der Waals surface area contributed by atoms with Gasteiger partial charge in [-0.3, -0.25) is 14.8 Å². The van der Waals surface area contributed by atoms with Gasteiger partial charge in [-0.05, 0) is 37.5 Å². The molecule has 2 aromatic carbocycles. The Balaban J connectivity index is 1.48. The van der Waals surface area contributed by atoms with Crippen molar-refractivity contribution in [2.45, 2.75) is 39.2 Å². The number of aromatic nitrogens is 2. The summed E-state index contributed by atoms with van der Waals surface area (Å²) >= 11 is 0. The topological polar surface area (TPSA) is 79.9 Å². The molecule has 38 heavy (non-hydrogen) atoms. The van der Waals surface area contributed by atoms with E-state index in [1.807, 2.05) is 54.3 Å². The normalized spacial score (nSPS) is 17.6. The van der Waals surface area contributed by atoms with Gasteiger partial charge in [-0.15, -0.1) is 0 Å². The molecule has 1 saturated heterocycles. The lowest BCUT2D eigenvalue weighted by Crippen LogP contribution is -2.38. The van der Waals surface area contributed by atoms with Gasteiger partial charge in [0, 0.05) is 37.3 Å². The van der Waals surface area contributed by atoms with Crippen LogP contribution in [0.2, 0.25) is 0 Å². The first kappa shape index (κ1) is 26.3. The van der Waals surface area contributed by atoms with E-state index < -0.39 is 0 Å². The number of nitrogens with zero attached hydrogens (tertiary/aromatic N) is 3. The number of hydrogen-bond donors (Lipinski definition) is 1. The average Bonchev–Trinajstić information content (AvgIpc) is 3.50. The van der Waals surface area contributed by atoms with Crippen LogP contribution in [0.3, 0.4) is 0 Å². The third-order valence-electron chi connectivity index (χ3n) is 7.23. The van der Waals surface area contributed by atoms with Crippen LogP contribution in [0.25, 0.3) is 11.3 Å². The lowest BCUT2D eigenvalue weighted by atomic mass is 9.95. The maximum Gasteiger partial charge on any atom is 0.273 e. The van der Waals surface area contributed by atoms with E-state index in [0.29, 0.717) is 31.2 Å². The predicted octanol–water partition coefficient (Wildman–Crippen LogP) is 4.92. The minimum atomic E-state index is -0.264. The molecule has 202 valence electrons. The fraction of sp³-hybridized carbons (Fsp3) is 0.467. The van der Waals surface area contributed by atoms with Crippen molar-refractivity contribution in [3.05, 3.63) is 65.4 Å². The molecule has 1 fully saturated rings. The van der Waals surface area contributed by atoms with Crippen LogP contribution < -0.4 is 9.47 Å². The summed E-state index contributed by atoms with van der Waals surface area (Å²) in [6.45, 7) is 10.3. The first-order chi connectivity index (χ1) is 18.7. The van der Waals surface area contributed by atoms with Gasteiger partial charge in [0.05, 0.1) is 38.2 Å². The Morgan fingerprint density at radius 2 is 1.82 bits per heavy atom. The minimum Gasteiger partial charge on any atom is -0.490 e. The van der Waals surface area contributed by atoms with Crippen LogP contribution >= 0.6 is 0 Å². The molecule has 2 aliphatic rings. The predicted molar refractivity (Wildman–Crippen MR) is 147 cm³/mol. The van der Waals surface area contributed by atoms with Crippen molar-refractivity contribution < 1.29 is 19.0 Å². The Hall–Kier alpha value is -3.36. The summed E-state index contributed by atoms with van der Waals surface area (Å²) in [5.41, 5.74) is 4.29. The number of carbonyl (C=O) groups is 1. The van der Waals surface area contributed by atoms with Crippen molar-refractivity contribution in [1.29, 1.82) is 0 Å². The fourth-order valence-corrected chi connectivity index (χ4v) is 5.29. The van der Waals surface area contributed by atoms with E-state index in [1.165, 1.54) is 0 Å². The number of hydrogen-bond acceptors (Lipinski definition) is 6. The maximum absolute atomic E-state index is 13.7. The molecule has 8 nitrogen and oxygen atoms in total. The van der Waals surface area contributed by atoms with Gasteiger partial charge in [0.15, 0.2) is 11.5 Å². The van der Waals surface area contributed by atoms with Gasteiger partial charge in [0.1, 0.15) is 5.69 Å². The van der Waals surface area contributed by atoms with E-state index in [4.69, 9.17) is 14.2 Å². The number of ether oxygens (including phenoxy) is 3. The third-order valence-corrected chi connectivity index (χ3v) is 7.23. The highest BCUT2D eigenvalue weighted by Gasteiger charge is 2.42. The minimum absolute atomic E-state index is 0.0112. The fourth-order valence-electron chi connectivity index (χ4n) is 5.29. The number of morpholine rings is 1. The Labute approximate surface area is 224 Å². The van der Waals surface area contributed by atoms with E-state index in [9.17, 15) is 4.79 Å². The molecule has 0 aliphatic carbocycles. The second-order valence-corrected chi connectivity index (χ2v) is 9.78. The van der Waals surface area contributed by atoms with Crippen molar-refractivity contribution in [2.75, 3.05) is 52.6 Å². The van der Waals surface area contributed by atoms with E-state index in [0.717, 1.165) is 80.2 Å². The Morgan fingerprint density at radius 1 is 1.00 bits per heavy atom. The van der Waals surface area contributed by atoms with Gasteiger partial charge in [-0.25, -0.2) is 0 Å². The summed E-state index contributed by atoms with van der Waals surface area (Å²) in [4.78, 5) is 18.1. The number of carbonyl (C=O) groups excluding carboxylic acids is 1. The summed E-state index contributed by atoms with van der Waals surface area (Å²) in [5.74, 6) is 1.44. The Kier molecular flexibility index (Phi) is 8.61. The van der Waals surface area contributed by atoms with Crippen LogP contribution in [0.4, 0.5) is 0 Å². The summed E-state index contributed by atoms with van der Waals surface area (Å²) in [6, 6.07) is 15.9. The molecule has 1 N–H and O–H groups in total. The van der Waals surface area contributed by atoms with E-state index in [-0.39, 0.29) is 11.9 Å². The van der Waals surface area contributed by atoms with Crippen molar-refractivity contribution >= 4 is 5.91 Å². The number of nitrogens with one attached hydrogen (secondary N) is 1. The molecule has 1 unspecified atom stereocenters. The smallest absolute Gasteiger partial charge is 0.273 e. The molecule has 0 saturated carbocycles. The van der Waals surface area contributed by atoms with Crippen LogP contribution in [0.5, 0.6) is 11.5 Å². The quantitative estimate of drug-likeness (QED) is 0.343. The van der Waals surface area contributed by atoms with Gasteiger partial charge in [0.25, 0.3) is 5.91 Å². The summed E-state index contributed by atoms with van der Waals surface area (Å²) in [5, 5.41) is 7.66. The molecule has 3 heterocycles. The zero-order valence-corrected chi connectivity index (χ0v) is 22.4. The van der Waals surface area contributed by atoms with Gasteiger partial charge in [-0.1, -0.05) is 49.7 Å². The number of fused-ring (bicyclic) bond motifs is 1. The van der Waals surface area contributed by atoms with Crippen LogP contribution in [-0.4, -0.2) is 78.5 Å². The molecular weight excluding hydrogens is 480 g/mol. The largest absolute Gasteiger partial charge is 0.490 e. The summed E-state index contributed by atoms with van der Waals surface area (Å²) in [6.07, 6.45) is 2.94. The lowest BCUT2D eigenvalue weighted by Gasteiger charge is -2.30. The second-order valence-electron chi connectivity index (χ2n) is 9.78. The number of amides is 1. The highest BCUT2D eigenvalue weighted by Crippen LogP contribution is 2.44. The average molecular weight is 519 g/mol. The van der Waals surface area contributed by atoms with Crippen molar-refractivity contribution in [1.82, 2.24) is 20.0 Å². The van der Waals surface area contributed by atoms with Crippen molar-refractivity contribution in [3.8, 4) is 22.8 Å².